The number of hydrogen-bond acceptors (Lipinski definition) is 2. The first-order chi connectivity index (χ1) is 8.20. The molecule has 4 nitrogen and oxygen atoms in total. The number of fused-ring (bicyclic) bond motifs is 3. The lowest BCUT2D eigenvalue weighted by atomic mass is 10.3. The van der Waals surface area contributed by atoms with Gasteiger partial charge in [0.25, 0.3) is 0 Å². The fourth-order valence-corrected chi connectivity index (χ4v) is 2.30. The molecule has 3 rings (SSSR count). The van der Waals surface area contributed by atoms with Crippen molar-refractivity contribution in [1.82, 2.24) is 19.3 Å². The monoisotopic (exact) mass is 248 g/mol. The number of aromatic nitrogens is 3. The van der Waals surface area contributed by atoms with Gasteiger partial charge in [0.05, 0.1) is 16.7 Å². The van der Waals surface area contributed by atoms with E-state index in [4.69, 9.17) is 11.6 Å². The average Bonchev–Trinajstić information content (AvgIpc) is 2.78. The molecule has 0 fully saturated rings. The van der Waals surface area contributed by atoms with Gasteiger partial charge >= 0.3 is 0 Å². The minimum atomic E-state index is 0.719. The van der Waals surface area contributed by atoms with E-state index < -0.39 is 0 Å². The Morgan fingerprint density at radius 3 is 3.00 bits per heavy atom. The highest BCUT2D eigenvalue weighted by Crippen LogP contribution is 2.22. The quantitative estimate of drug-likeness (QED) is 0.755. The predicted molar refractivity (Wildman–Crippen MR) is 69.4 cm³/mol. The SMILES string of the molecule is CNCc1cn2c3ccc(Cl)cc3nc2n1C. The number of imidazole rings is 2. The molecule has 2 aromatic heterocycles. The van der Waals surface area contributed by atoms with E-state index in [1.807, 2.05) is 32.3 Å². The van der Waals surface area contributed by atoms with Crippen LogP contribution < -0.4 is 5.32 Å². The van der Waals surface area contributed by atoms with Gasteiger partial charge in [-0.2, -0.15) is 0 Å². The molecule has 0 aliphatic carbocycles. The molecular weight excluding hydrogens is 236 g/mol. The molecule has 0 aliphatic rings. The second-order valence-corrected chi connectivity index (χ2v) is 4.56. The van der Waals surface area contributed by atoms with Crippen LogP contribution in [0.2, 0.25) is 5.02 Å². The van der Waals surface area contributed by atoms with E-state index >= 15 is 0 Å². The lowest BCUT2D eigenvalue weighted by Gasteiger charge is -1.99. The second-order valence-electron chi connectivity index (χ2n) is 4.12. The molecule has 3 aromatic rings. The Morgan fingerprint density at radius 1 is 1.41 bits per heavy atom. The summed E-state index contributed by atoms with van der Waals surface area (Å²) < 4.78 is 4.18. The van der Waals surface area contributed by atoms with Crippen molar-refractivity contribution in [2.75, 3.05) is 7.05 Å². The van der Waals surface area contributed by atoms with Crippen molar-refractivity contribution in [2.45, 2.75) is 6.54 Å². The minimum Gasteiger partial charge on any atom is -0.316 e. The molecule has 0 saturated heterocycles. The van der Waals surface area contributed by atoms with Crippen LogP contribution in [0.5, 0.6) is 0 Å². The number of aryl methyl sites for hydroxylation is 1. The number of nitrogens with one attached hydrogen (secondary N) is 1. The molecule has 0 unspecified atom stereocenters. The van der Waals surface area contributed by atoms with Crippen molar-refractivity contribution in [3.8, 4) is 0 Å². The summed E-state index contributed by atoms with van der Waals surface area (Å²) in [7, 11) is 3.96. The molecule has 1 aromatic carbocycles. The van der Waals surface area contributed by atoms with Crippen LogP contribution in [-0.4, -0.2) is 21.0 Å². The maximum absolute atomic E-state index is 5.97. The summed E-state index contributed by atoms with van der Waals surface area (Å²) in [4.78, 5) is 4.59. The molecule has 0 aliphatic heterocycles. The molecule has 0 spiro atoms. The molecular formula is C12H13ClN4. The second kappa shape index (κ2) is 3.75. The Bertz CT molecular complexity index is 695. The smallest absolute Gasteiger partial charge is 0.214 e. The Kier molecular flexibility index (Phi) is 2.34. The summed E-state index contributed by atoms with van der Waals surface area (Å²) in [6.07, 6.45) is 2.11. The molecule has 17 heavy (non-hydrogen) atoms. The summed E-state index contributed by atoms with van der Waals surface area (Å²) in [5.74, 6) is 0.938. The first-order valence-corrected chi connectivity index (χ1v) is 5.85. The molecule has 2 heterocycles. The van der Waals surface area contributed by atoms with Crippen molar-refractivity contribution < 1.29 is 0 Å². The summed E-state index contributed by atoms with van der Waals surface area (Å²) in [6.45, 7) is 0.828. The molecule has 0 atom stereocenters. The summed E-state index contributed by atoms with van der Waals surface area (Å²) >= 11 is 5.97. The third-order valence-corrected chi connectivity index (χ3v) is 3.23. The summed E-state index contributed by atoms with van der Waals surface area (Å²) in [5.41, 5.74) is 3.22. The van der Waals surface area contributed by atoms with E-state index in [1.54, 1.807) is 0 Å². The minimum absolute atomic E-state index is 0.719. The van der Waals surface area contributed by atoms with Gasteiger partial charge < -0.3 is 9.88 Å². The van der Waals surface area contributed by atoms with Gasteiger partial charge in [0.2, 0.25) is 5.78 Å². The predicted octanol–water partition coefficient (Wildman–Crippen LogP) is 2.20. The van der Waals surface area contributed by atoms with Crippen molar-refractivity contribution in [3.05, 3.63) is 35.1 Å². The van der Waals surface area contributed by atoms with E-state index in [0.29, 0.717) is 0 Å². The number of nitrogens with zero attached hydrogens (tertiary/aromatic N) is 3. The zero-order valence-corrected chi connectivity index (χ0v) is 10.5. The van der Waals surface area contributed by atoms with E-state index in [9.17, 15) is 0 Å². The molecule has 5 heteroatoms. The molecule has 0 bridgehead atoms. The van der Waals surface area contributed by atoms with Crippen molar-refractivity contribution >= 4 is 28.4 Å². The van der Waals surface area contributed by atoms with Crippen molar-refractivity contribution in [1.29, 1.82) is 0 Å². The standard InChI is InChI=1S/C12H13ClN4/c1-14-6-9-7-17-11-4-3-8(13)5-10(11)15-12(17)16(9)2/h3-5,7,14H,6H2,1-2H3. The number of rotatable bonds is 2. The number of halogens is 1. The highest BCUT2D eigenvalue weighted by Gasteiger charge is 2.11. The normalized spacial score (nSPS) is 11.7. The van der Waals surface area contributed by atoms with E-state index in [-0.39, 0.29) is 0 Å². The fourth-order valence-electron chi connectivity index (χ4n) is 2.13. The lowest BCUT2D eigenvalue weighted by Crippen LogP contribution is -2.08. The van der Waals surface area contributed by atoms with Gasteiger partial charge in [0.1, 0.15) is 0 Å². The Morgan fingerprint density at radius 2 is 2.24 bits per heavy atom. The van der Waals surface area contributed by atoms with E-state index in [0.717, 1.165) is 28.4 Å². The van der Waals surface area contributed by atoms with Crippen LogP contribution in [0.4, 0.5) is 0 Å². The fraction of sp³-hybridized carbons (Fsp3) is 0.250. The maximum atomic E-state index is 5.97. The van der Waals surface area contributed by atoms with Crippen LogP contribution in [0.1, 0.15) is 5.69 Å². The largest absolute Gasteiger partial charge is 0.316 e. The zero-order chi connectivity index (χ0) is 12.0. The Labute approximate surface area is 104 Å². The van der Waals surface area contributed by atoms with E-state index in [1.165, 1.54) is 5.69 Å². The van der Waals surface area contributed by atoms with Gasteiger partial charge in [0, 0.05) is 24.8 Å². The highest BCUT2D eigenvalue weighted by atomic mass is 35.5. The maximum Gasteiger partial charge on any atom is 0.214 e. The molecule has 0 amide bonds. The molecule has 1 N–H and O–H groups in total. The third-order valence-electron chi connectivity index (χ3n) is 3.00. The van der Waals surface area contributed by atoms with Crippen LogP contribution in [0.3, 0.4) is 0 Å². The number of benzene rings is 1. The van der Waals surface area contributed by atoms with Crippen LogP contribution >= 0.6 is 11.6 Å². The van der Waals surface area contributed by atoms with Gasteiger partial charge in [0.15, 0.2) is 0 Å². The Balaban J connectivity index is 2.33. The van der Waals surface area contributed by atoms with Crippen molar-refractivity contribution in [2.24, 2.45) is 7.05 Å². The van der Waals surface area contributed by atoms with Gasteiger partial charge in [-0.05, 0) is 25.2 Å². The van der Waals surface area contributed by atoms with Gasteiger partial charge in [-0.1, -0.05) is 11.6 Å². The average molecular weight is 249 g/mol. The van der Waals surface area contributed by atoms with E-state index in [2.05, 4.69) is 25.5 Å². The van der Waals surface area contributed by atoms with Gasteiger partial charge in [-0.25, -0.2) is 4.98 Å². The summed E-state index contributed by atoms with van der Waals surface area (Å²) in [6, 6.07) is 5.78. The van der Waals surface area contributed by atoms with Gasteiger partial charge in [-0.3, -0.25) is 4.40 Å². The first kappa shape index (κ1) is 10.6. The van der Waals surface area contributed by atoms with Crippen molar-refractivity contribution in [3.63, 3.8) is 0 Å². The van der Waals surface area contributed by atoms with Gasteiger partial charge in [-0.15, -0.1) is 0 Å². The molecule has 0 saturated carbocycles. The first-order valence-electron chi connectivity index (χ1n) is 5.47. The van der Waals surface area contributed by atoms with Crippen LogP contribution in [0.15, 0.2) is 24.4 Å². The number of hydrogen-bond donors (Lipinski definition) is 1. The van der Waals surface area contributed by atoms with Crippen LogP contribution in [0.25, 0.3) is 16.8 Å². The summed E-state index contributed by atoms with van der Waals surface area (Å²) in [5, 5.41) is 3.87. The molecule has 88 valence electrons. The zero-order valence-electron chi connectivity index (χ0n) is 9.74. The Hall–Kier alpha value is -1.52. The topological polar surface area (TPSA) is 34.3 Å². The van der Waals surface area contributed by atoms with Crippen LogP contribution in [0, 0.1) is 0 Å². The third kappa shape index (κ3) is 1.52. The molecule has 0 radical (unpaired) electrons. The lowest BCUT2D eigenvalue weighted by molar-refractivity contribution is 0.742. The highest BCUT2D eigenvalue weighted by molar-refractivity contribution is 6.31. The van der Waals surface area contributed by atoms with Crippen LogP contribution in [-0.2, 0) is 13.6 Å².